The van der Waals surface area contributed by atoms with E-state index in [0.717, 1.165) is 12.4 Å². The Bertz CT molecular complexity index is 682. The van der Waals surface area contributed by atoms with Crippen molar-refractivity contribution in [2.24, 2.45) is 7.05 Å². The van der Waals surface area contributed by atoms with Crippen LogP contribution in [0.25, 0.3) is 10.8 Å². The summed E-state index contributed by atoms with van der Waals surface area (Å²) in [4.78, 5) is 4.20. The van der Waals surface area contributed by atoms with Crippen molar-refractivity contribution in [3.63, 3.8) is 0 Å². The van der Waals surface area contributed by atoms with Crippen LogP contribution in [0.4, 0.5) is 0 Å². The predicted molar refractivity (Wildman–Crippen MR) is 75.5 cm³/mol. The van der Waals surface area contributed by atoms with Crippen LogP contribution in [-0.2, 0) is 20.1 Å². The Labute approximate surface area is 112 Å². The van der Waals surface area contributed by atoms with Crippen LogP contribution in [0.5, 0.6) is 0 Å². The second-order valence-corrected chi connectivity index (χ2v) is 4.58. The topological polar surface area (TPSA) is 42.7 Å². The van der Waals surface area contributed by atoms with Crippen LogP contribution in [0.3, 0.4) is 0 Å². The van der Waals surface area contributed by atoms with Gasteiger partial charge in [-0.25, -0.2) is 4.98 Å². The van der Waals surface area contributed by atoms with Gasteiger partial charge in [0.25, 0.3) is 0 Å². The average molecular weight is 252 g/mol. The number of aryl methyl sites for hydroxylation is 1. The average Bonchev–Trinajstić information content (AvgIpc) is 2.85. The second-order valence-electron chi connectivity index (χ2n) is 4.58. The first-order chi connectivity index (χ1) is 9.33. The molecule has 3 rings (SSSR count). The highest BCUT2D eigenvalue weighted by atomic mass is 15.3. The normalized spacial score (nSPS) is 11.0. The molecule has 2 aromatic carbocycles. The molecular formula is C15H16N4. The minimum absolute atomic E-state index is 0.685. The fourth-order valence-corrected chi connectivity index (χ4v) is 2.22. The minimum Gasteiger partial charge on any atom is -0.306 e. The van der Waals surface area contributed by atoms with E-state index in [-0.39, 0.29) is 0 Å². The Morgan fingerprint density at radius 3 is 2.74 bits per heavy atom. The number of hydrogen-bond donors (Lipinski definition) is 1. The molecule has 0 amide bonds. The molecule has 4 heteroatoms. The molecule has 19 heavy (non-hydrogen) atoms. The third kappa shape index (κ3) is 2.63. The molecule has 0 fully saturated rings. The van der Waals surface area contributed by atoms with Gasteiger partial charge >= 0.3 is 0 Å². The zero-order chi connectivity index (χ0) is 13.1. The summed E-state index contributed by atoms with van der Waals surface area (Å²) < 4.78 is 1.72. The lowest BCUT2D eigenvalue weighted by molar-refractivity contribution is 0.651. The maximum Gasteiger partial charge on any atom is 0.164 e. The maximum absolute atomic E-state index is 4.25. The standard InChI is InChI=1S/C15H16N4/c1-19-11-17-15(18-19)10-16-9-13-7-4-6-12-5-2-3-8-14(12)13/h2-8,11,16H,9-10H2,1H3. The van der Waals surface area contributed by atoms with Crippen molar-refractivity contribution in [2.75, 3.05) is 0 Å². The molecule has 0 aliphatic heterocycles. The minimum atomic E-state index is 0.685. The SMILES string of the molecule is Cn1cnc(CNCc2cccc3ccccc23)n1. The molecule has 4 nitrogen and oxygen atoms in total. The summed E-state index contributed by atoms with van der Waals surface area (Å²) in [7, 11) is 1.88. The number of aromatic nitrogens is 3. The van der Waals surface area contributed by atoms with E-state index in [2.05, 4.69) is 57.9 Å². The molecule has 1 heterocycles. The Morgan fingerprint density at radius 2 is 1.89 bits per heavy atom. The van der Waals surface area contributed by atoms with E-state index in [0.29, 0.717) is 6.54 Å². The van der Waals surface area contributed by atoms with E-state index >= 15 is 0 Å². The predicted octanol–water partition coefficient (Wildman–Crippen LogP) is 2.26. The van der Waals surface area contributed by atoms with Gasteiger partial charge in [0, 0.05) is 13.6 Å². The number of nitrogens with zero attached hydrogens (tertiary/aromatic N) is 3. The zero-order valence-corrected chi connectivity index (χ0v) is 10.9. The van der Waals surface area contributed by atoms with Crippen molar-refractivity contribution in [3.05, 3.63) is 60.2 Å². The molecule has 0 atom stereocenters. The van der Waals surface area contributed by atoms with Crippen molar-refractivity contribution in [3.8, 4) is 0 Å². The monoisotopic (exact) mass is 252 g/mol. The lowest BCUT2D eigenvalue weighted by Crippen LogP contribution is -2.14. The highest BCUT2D eigenvalue weighted by molar-refractivity contribution is 5.85. The first-order valence-corrected chi connectivity index (χ1v) is 6.35. The number of hydrogen-bond acceptors (Lipinski definition) is 3. The van der Waals surface area contributed by atoms with Gasteiger partial charge in [0.1, 0.15) is 6.33 Å². The van der Waals surface area contributed by atoms with Crippen molar-refractivity contribution in [1.82, 2.24) is 20.1 Å². The van der Waals surface area contributed by atoms with Crippen molar-refractivity contribution in [2.45, 2.75) is 13.1 Å². The van der Waals surface area contributed by atoms with Gasteiger partial charge in [-0.3, -0.25) is 4.68 Å². The van der Waals surface area contributed by atoms with Crippen LogP contribution in [0, 0.1) is 0 Å². The first kappa shape index (κ1) is 11.9. The molecule has 0 aliphatic rings. The largest absolute Gasteiger partial charge is 0.306 e. The summed E-state index contributed by atoms with van der Waals surface area (Å²) in [5, 5.41) is 10.2. The molecule has 0 aliphatic carbocycles. The van der Waals surface area contributed by atoms with E-state index in [1.165, 1.54) is 16.3 Å². The van der Waals surface area contributed by atoms with Gasteiger partial charge in [-0.15, -0.1) is 0 Å². The molecule has 0 saturated heterocycles. The van der Waals surface area contributed by atoms with E-state index in [4.69, 9.17) is 0 Å². The number of fused-ring (bicyclic) bond motifs is 1. The zero-order valence-electron chi connectivity index (χ0n) is 10.9. The third-order valence-corrected chi connectivity index (χ3v) is 3.13. The smallest absolute Gasteiger partial charge is 0.164 e. The van der Waals surface area contributed by atoms with Gasteiger partial charge in [-0.2, -0.15) is 5.10 Å². The van der Waals surface area contributed by atoms with E-state index in [9.17, 15) is 0 Å². The van der Waals surface area contributed by atoms with Crippen molar-refractivity contribution in [1.29, 1.82) is 0 Å². The number of rotatable bonds is 4. The summed E-state index contributed by atoms with van der Waals surface area (Å²) in [6, 6.07) is 14.8. The second kappa shape index (κ2) is 5.20. The van der Waals surface area contributed by atoms with Crippen molar-refractivity contribution < 1.29 is 0 Å². The Morgan fingerprint density at radius 1 is 1.05 bits per heavy atom. The first-order valence-electron chi connectivity index (χ1n) is 6.35. The van der Waals surface area contributed by atoms with Crippen LogP contribution in [0.2, 0.25) is 0 Å². The highest BCUT2D eigenvalue weighted by Gasteiger charge is 2.01. The molecule has 0 spiro atoms. The van der Waals surface area contributed by atoms with Gasteiger partial charge in [0.15, 0.2) is 5.82 Å². The van der Waals surface area contributed by atoms with Crippen LogP contribution in [-0.4, -0.2) is 14.8 Å². The van der Waals surface area contributed by atoms with Crippen LogP contribution in [0.15, 0.2) is 48.8 Å². The number of nitrogens with one attached hydrogen (secondary N) is 1. The molecule has 96 valence electrons. The van der Waals surface area contributed by atoms with Gasteiger partial charge in [-0.1, -0.05) is 42.5 Å². The summed E-state index contributed by atoms with van der Waals surface area (Å²) in [5.74, 6) is 0.822. The summed E-state index contributed by atoms with van der Waals surface area (Å²) in [5.41, 5.74) is 1.30. The summed E-state index contributed by atoms with van der Waals surface area (Å²) in [6.45, 7) is 1.50. The molecule has 0 unspecified atom stereocenters. The summed E-state index contributed by atoms with van der Waals surface area (Å²) >= 11 is 0. The Balaban J connectivity index is 1.71. The van der Waals surface area contributed by atoms with Crippen molar-refractivity contribution >= 4 is 10.8 Å². The lowest BCUT2D eigenvalue weighted by atomic mass is 10.0. The van der Waals surface area contributed by atoms with Crippen LogP contribution in [0.1, 0.15) is 11.4 Å². The van der Waals surface area contributed by atoms with Gasteiger partial charge in [0.2, 0.25) is 0 Å². The molecule has 1 N–H and O–H groups in total. The fraction of sp³-hybridized carbons (Fsp3) is 0.200. The molecule has 0 radical (unpaired) electrons. The lowest BCUT2D eigenvalue weighted by Gasteiger charge is -2.07. The van der Waals surface area contributed by atoms with Gasteiger partial charge in [0.05, 0.1) is 6.54 Å². The highest BCUT2D eigenvalue weighted by Crippen LogP contribution is 2.18. The molecule has 1 aromatic heterocycles. The number of benzene rings is 2. The third-order valence-electron chi connectivity index (χ3n) is 3.13. The van der Waals surface area contributed by atoms with Crippen LogP contribution >= 0.6 is 0 Å². The van der Waals surface area contributed by atoms with E-state index < -0.39 is 0 Å². The molecule has 0 bridgehead atoms. The van der Waals surface area contributed by atoms with Gasteiger partial charge in [-0.05, 0) is 16.3 Å². The van der Waals surface area contributed by atoms with E-state index in [1.807, 2.05) is 7.05 Å². The van der Waals surface area contributed by atoms with Crippen LogP contribution < -0.4 is 5.32 Å². The Kier molecular flexibility index (Phi) is 3.25. The fourth-order valence-electron chi connectivity index (χ4n) is 2.22. The van der Waals surface area contributed by atoms with E-state index in [1.54, 1.807) is 11.0 Å². The molecule has 0 saturated carbocycles. The molecular weight excluding hydrogens is 236 g/mol. The van der Waals surface area contributed by atoms with Gasteiger partial charge < -0.3 is 5.32 Å². The Hall–Kier alpha value is -2.20. The molecule has 3 aromatic rings. The quantitative estimate of drug-likeness (QED) is 0.774. The maximum atomic E-state index is 4.25. The summed E-state index contributed by atoms with van der Waals surface area (Å²) in [6.07, 6.45) is 1.72.